The van der Waals surface area contributed by atoms with E-state index < -0.39 is 11.9 Å². The lowest BCUT2D eigenvalue weighted by Crippen LogP contribution is -2.28. The fourth-order valence-electron chi connectivity index (χ4n) is 2.86. The number of esters is 1. The molecule has 0 aromatic heterocycles. The van der Waals surface area contributed by atoms with Crippen LogP contribution in [0.4, 0.5) is 11.4 Å². The molecule has 1 aliphatic heterocycles. The summed E-state index contributed by atoms with van der Waals surface area (Å²) in [5.41, 5.74) is 1.14. The third-order valence-corrected chi connectivity index (χ3v) is 4.17. The second-order valence-electron chi connectivity index (χ2n) is 6.25. The van der Waals surface area contributed by atoms with E-state index in [1.807, 2.05) is 0 Å². The molecule has 8 nitrogen and oxygen atoms in total. The molecule has 0 radical (unpaired) electrons. The number of amides is 3. The number of carbonyl (C=O) groups excluding carboxylic acids is 4. The SMILES string of the molecule is CCOC(=O)COc1cccc(NC(=O)c2cccc(N3C(=O)CCC3=O)c2)c1. The van der Waals surface area contributed by atoms with Gasteiger partial charge >= 0.3 is 5.97 Å². The van der Waals surface area contributed by atoms with Gasteiger partial charge in [-0.1, -0.05) is 12.1 Å². The lowest BCUT2D eigenvalue weighted by Gasteiger charge is -2.15. The van der Waals surface area contributed by atoms with Crippen LogP contribution in [0.25, 0.3) is 0 Å². The highest BCUT2D eigenvalue weighted by atomic mass is 16.6. The normalized spacial score (nSPS) is 13.3. The summed E-state index contributed by atoms with van der Waals surface area (Å²) < 4.78 is 10.2. The monoisotopic (exact) mass is 396 g/mol. The molecular weight excluding hydrogens is 376 g/mol. The van der Waals surface area contributed by atoms with E-state index in [0.717, 1.165) is 4.90 Å². The van der Waals surface area contributed by atoms with Gasteiger partial charge in [-0.15, -0.1) is 0 Å². The van der Waals surface area contributed by atoms with Crippen molar-refractivity contribution in [1.82, 2.24) is 0 Å². The number of benzene rings is 2. The molecule has 0 aliphatic carbocycles. The van der Waals surface area contributed by atoms with Gasteiger partial charge in [-0.2, -0.15) is 0 Å². The molecule has 2 aromatic rings. The number of rotatable bonds is 7. The quantitative estimate of drug-likeness (QED) is 0.570. The number of hydrogen-bond acceptors (Lipinski definition) is 6. The summed E-state index contributed by atoms with van der Waals surface area (Å²) in [5.74, 6) is -1.05. The van der Waals surface area contributed by atoms with Crippen molar-refractivity contribution >= 4 is 35.1 Å². The molecule has 1 fully saturated rings. The predicted molar refractivity (Wildman–Crippen MR) is 105 cm³/mol. The van der Waals surface area contributed by atoms with Crippen LogP contribution in [-0.2, 0) is 19.1 Å². The average Bonchev–Trinajstić information content (AvgIpc) is 3.05. The molecule has 1 aliphatic rings. The van der Waals surface area contributed by atoms with Crippen molar-refractivity contribution in [3.63, 3.8) is 0 Å². The van der Waals surface area contributed by atoms with Crippen molar-refractivity contribution < 1.29 is 28.7 Å². The number of carbonyl (C=O) groups is 4. The van der Waals surface area contributed by atoms with E-state index in [1.165, 1.54) is 6.07 Å². The predicted octanol–water partition coefficient (Wildman–Crippen LogP) is 2.53. The van der Waals surface area contributed by atoms with E-state index in [2.05, 4.69) is 5.32 Å². The van der Waals surface area contributed by atoms with Crippen LogP contribution in [-0.4, -0.2) is 36.9 Å². The van der Waals surface area contributed by atoms with Crippen LogP contribution in [0.2, 0.25) is 0 Å². The Kier molecular flexibility index (Phi) is 6.23. The molecule has 0 unspecified atom stereocenters. The summed E-state index contributed by atoms with van der Waals surface area (Å²) in [6.45, 7) is 1.75. The van der Waals surface area contributed by atoms with Crippen LogP contribution in [0.1, 0.15) is 30.1 Å². The molecule has 3 amide bonds. The van der Waals surface area contributed by atoms with Crippen LogP contribution in [0.5, 0.6) is 5.75 Å². The summed E-state index contributed by atoms with van der Waals surface area (Å²) >= 11 is 0. The largest absolute Gasteiger partial charge is 0.482 e. The van der Waals surface area contributed by atoms with E-state index in [1.54, 1.807) is 49.4 Å². The minimum Gasteiger partial charge on any atom is -0.482 e. The first kappa shape index (κ1) is 20.1. The van der Waals surface area contributed by atoms with Gasteiger partial charge in [0.2, 0.25) is 11.8 Å². The molecule has 1 heterocycles. The summed E-state index contributed by atoms with van der Waals surface area (Å²) in [6, 6.07) is 12.9. The van der Waals surface area contributed by atoms with Gasteiger partial charge in [0.15, 0.2) is 6.61 Å². The first-order chi connectivity index (χ1) is 14.0. The van der Waals surface area contributed by atoms with Gasteiger partial charge in [0.25, 0.3) is 5.91 Å². The lowest BCUT2D eigenvalue weighted by molar-refractivity contribution is -0.145. The Labute approximate surface area is 167 Å². The first-order valence-electron chi connectivity index (χ1n) is 9.13. The molecule has 0 spiro atoms. The van der Waals surface area contributed by atoms with Crippen LogP contribution in [0.15, 0.2) is 48.5 Å². The van der Waals surface area contributed by atoms with Gasteiger partial charge in [-0.05, 0) is 37.3 Å². The zero-order chi connectivity index (χ0) is 20.8. The Morgan fingerprint density at radius 2 is 1.76 bits per heavy atom. The lowest BCUT2D eigenvalue weighted by atomic mass is 10.1. The Balaban J connectivity index is 1.68. The maximum absolute atomic E-state index is 12.6. The summed E-state index contributed by atoms with van der Waals surface area (Å²) in [5, 5.41) is 2.73. The first-order valence-corrected chi connectivity index (χ1v) is 9.13. The number of nitrogens with one attached hydrogen (secondary N) is 1. The summed E-state index contributed by atoms with van der Waals surface area (Å²) in [4.78, 5) is 48.9. The molecule has 1 saturated heterocycles. The zero-order valence-corrected chi connectivity index (χ0v) is 15.8. The van der Waals surface area contributed by atoms with Gasteiger partial charge in [-0.25, -0.2) is 4.79 Å². The van der Waals surface area contributed by atoms with E-state index in [4.69, 9.17) is 9.47 Å². The van der Waals surface area contributed by atoms with E-state index >= 15 is 0 Å². The molecule has 150 valence electrons. The third-order valence-electron chi connectivity index (χ3n) is 4.17. The fraction of sp³-hybridized carbons (Fsp3) is 0.238. The van der Waals surface area contributed by atoms with Crippen LogP contribution >= 0.6 is 0 Å². The molecule has 0 bridgehead atoms. The number of nitrogens with zero attached hydrogens (tertiary/aromatic N) is 1. The number of hydrogen-bond donors (Lipinski definition) is 1. The number of anilines is 2. The van der Waals surface area contributed by atoms with Gasteiger partial charge in [-0.3, -0.25) is 19.3 Å². The van der Waals surface area contributed by atoms with Crippen molar-refractivity contribution in [3.8, 4) is 5.75 Å². The summed E-state index contributed by atoms with van der Waals surface area (Å²) in [7, 11) is 0. The molecular formula is C21H20N2O6. The average molecular weight is 396 g/mol. The Morgan fingerprint density at radius 1 is 1.03 bits per heavy atom. The second-order valence-corrected chi connectivity index (χ2v) is 6.25. The molecule has 0 atom stereocenters. The molecule has 0 saturated carbocycles. The van der Waals surface area contributed by atoms with Crippen LogP contribution in [0.3, 0.4) is 0 Å². The third kappa shape index (κ3) is 4.98. The molecule has 29 heavy (non-hydrogen) atoms. The Hall–Kier alpha value is -3.68. The number of imide groups is 1. The van der Waals surface area contributed by atoms with Gasteiger partial charge in [0, 0.05) is 30.2 Å². The maximum atomic E-state index is 12.6. The number of ether oxygens (including phenoxy) is 2. The van der Waals surface area contributed by atoms with Crippen molar-refractivity contribution in [2.75, 3.05) is 23.4 Å². The molecule has 8 heteroatoms. The fourth-order valence-corrected chi connectivity index (χ4v) is 2.86. The maximum Gasteiger partial charge on any atom is 0.344 e. The highest BCUT2D eigenvalue weighted by molar-refractivity contribution is 6.20. The van der Waals surface area contributed by atoms with Gasteiger partial charge in [0.05, 0.1) is 12.3 Å². The van der Waals surface area contributed by atoms with Crippen molar-refractivity contribution in [2.45, 2.75) is 19.8 Å². The minimum absolute atomic E-state index is 0.174. The van der Waals surface area contributed by atoms with Crippen LogP contribution in [0, 0.1) is 0 Å². The Bertz CT molecular complexity index is 940. The molecule has 2 aromatic carbocycles. The van der Waals surface area contributed by atoms with Gasteiger partial charge < -0.3 is 14.8 Å². The smallest absolute Gasteiger partial charge is 0.344 e. The molecule has 3 rings (SSSR count). The molecule has 1 N–H and O–H groups in total. The van der Waals surface area contributed by atoms with Crippen molar-refractivity contribution in [2.24, 2.45) is 0 Å². The van der Waals surface area contributed by atoms with E-state index in [-0.39, 0.29) is 37.9 Å². The second kappa shape index (κ2) is 9.01. The van der Waals surface area contributed by atoms with E-state index in [9.17, 15) is 19.2 Å². The van der Waals surface area contributed by atoms with Crippen LogP contribution < -0.4 is 15.0 Å². The highest BCUT2D eigenvalue weighted by Gasteiger charge is 2.30. The summed E-state index contributed by atoms with van der Waals surface area (Å²) in [6.07, 6.45) is 0.349. The highest BCUT2D eigenvalue weighted by Crippen LogP contribution is 2.24. The minimum atomic E-state index is -0.482. The Morgan fingerprint density at radius 3 is 2.48 bits per heavy atom. The topological polar surface area (TPSA) is 102 Å². The van der Waals surface area contributed by atoms with E-state index in [0.29, 0.717) is 22.7 Å². The van der Waals surface area contributed by atoms with Crippen molar-refractivity contribution in [3.05, 3.63) is 54.1 Å². The standard InChI is InChI=1S/C21H20N2O6/c1-2-28-20(26)13-29-17-8-4-6-15(12-17)22-21(27)14-5-3-7-16(11-14)23-18(24)9-10-19(23)25/h3-8,11-12H,2,9-10,13H2,1H3,(H,22,27). The van der Waals surface area contributed by atoms with Gasteiger partial charge in [0.1, 0.15) is 5.75 Å². The zero-order valence-electron chi connectivity index (χ0n) is 15.8. The van der Waals surface area contributed by atoms with Crippen molar-refractivity contribution in [1.29, 1.82) is 0 Å².